The molecule has 2 aromatic carbocycles. The van der Waals surface area contributed by atoms with Gasteiger partial charge in [-0.3, -0.25) is 0 Å². The van der Waals surface area contributed by atoms with Crippen LogP contribution in [-0.4, -0.2) is 14.4 Å². The molecular formula is C24H28OSi. The second-order valence-electron chi connectivity index (χ2n) is 8.91. The normalized spacial score (nSPS) is 27.6. The maximum atomic E-state index is 7.29. The van der Waals surface area contributed by atoms with E-state index in [4.69, 9.17) is 10.8 Å². The van der Waals surface area contributed by atoms with E-state index in [0.29, 0.717) is 5.92 Å². The van der Waals surface area contributed by atoms with Gasteiger partial charge in [-0.2, -0.15) is 0 Å². The van der Waals surface area contributed by atoms with Crippen LogP contribution in [0.15, 0.2) is 60.7 Å². The number of hydrogen-bond donors (Lipinski definition) is 0. The predicted octanol–water partition coefficient (Wildman–Crippen LogP) is 4.22. The molecule has 26 heavy (non-hydrogen) atoms. The summed E-state index contributed by atoms with van der Waals surface area (Å²) in [4.78, 5) is 0. The topological polar surface area (TPSA) is 9.23 Å². The average Bonchev–Trinajstić information content (AvgIpc) is 3.33. The maximum Gasteiger partial charge on any atom is 0.261 e. The molecule has 4 atom stereocenters. The fourth-order valence-corrected chi connectivity index (χ4v) is 9.69. The summed E-state index contributed by atoms with van der Waals surface area (Å²) in [6.07, 6.45) is 8.54. The Bertz CT molecular complexity index is 760. The van der Waals surface area contributed by atoms with Gasteiger partial charge >= 0.3 is 0 Å². The van der Waals surface area contributed by atoms with E-state index in [1.807, 2.05) is 0 Å². The van der Waals surface area contributed by atoms with Crippen molar-refractivity contribution in [3.8, 4) is 12.3 Å². The van der Waals surface area contributed by atoms with Crippen LogP contribution in [-0.2, 0) is 4.43 Å². The van der Waals surface area contributed by atoms with Crippen molar-refractivity contribution < 1.29 is 4.43 Å². The van der Waals surface area contributed by atoms with Crippen LogP contribution in [0.4, 0.5) is 0 Å². The molecule has 0 N–H and O–H groups in total. The molecular weight excluding hydrogens is 332 g/mol. The summed E-state index contributed by atoms with van der Waals surface area (Å²) in [5, 5.41) is 2.71. The van der Waals surface area contributed by atoms with E-state index in [2.05, 4.69) is 87.4 Å². The third-order valence-corrected chi connectivity index (χ3v) is 11.3. The molecule has 0 amide bonds. The first-order chi connectivity index (χ1) is 12.5. The highest BCUT2D eigenvalue weighted by molar-refractivity contribution is 6.99. The Morgan fingerprint density at radius 3 is 1.92 bits per heavy atom. The van der Waals surface area contributed by atoms with Crippen LogP contribution in [0.1, 0.15) is 33.6 Å². The molecule has 4 rings (SSSR count). The minimum absolute atomic E-state index is 0.0157. The summed E-state index contributed by atoms with van der Waals surface area (Å²) in [7, 11) is -2.48. The van der Waals surface area contributed by atoms with Crippen molar-refractivity contribution in [2.24, 2.45) is 17.8 Å². The first-order valence-electron chi connectivity index (χ1n) is 9.72. The molecule has 2 heteroatoms. The molecule has 0 aliphatic heterocycles. The fraction of sp³-hybridized carbons (Fsp3) is 0.417. The SMILES string of the molecule is C#C[C@@H]1CC2CC2[C@@H]1O[Si](c1ccccc1)(c1ccccc1)C(C)(C)C. The second kappa shape index (κ2) is 6.41. The lowest BCUT2D eigenvalue weighted by molar-refractivity contribution is 0.146. The Morgan fingerprint density at radius 1 is 0.923 bits per heavy atom. The van der Waals surface area contributed by atoms with Gasteiger partial charge in [0.15, 0.2) is 0 Å². The Hall–Kier alpha value is -1.82. The van der Waals surface area contributed by atoms with E-state index in [1.54, 1.807) is 0 Å². The van der Waals surface area contributed by atoms with Crippen molar-refractivity contribution in [1.29, 1.82) is 0 Å². The highest BCUT2D eigenvalue weighted by atomic mass is 28.4. The molecule has 2 saturated carbocycles. The lowest BCUT2D eigenvalue weighted by atomic mass is 10.0. The molecule has 0 radical (unpaired) electrons. The number of hydrogen-bond acceptors (Lipinski definition) is 1. The molecule has 2 aliphatic carbocycles. The molecule has 0 spiro atoms. The fourth-order valence-electron chi connectivity index (χ4n) is 4.93. The Morgan fingerprint density at radius 2 is 1.46 bits per heavy atom. The first kappa shape index (κ1) is 17.6. The lowest BCUT2D eigenvalue weighted by Gasteiger charge is -2.45. The standard InChI is InChI=1S/C24H28OSi/c1-5-18-16-19-17-22(19)23(18)25-26(24(2,3)4,20-12-8-6-9-13-20)21-14-10-7-11-15-21/h1,6-15,18-19,22-23H,16-17H2,2-4H3/t18-,19?,22?,23-/m1/s1. The van der Waals surface area contributed by atoms with Gasteiger partial charge in [-0.1, -0.05) is 81.4 Å². The highest BCUT2D eigenvalue weighted by Gasteiger charge is 2.59. The number of rotatable bonds is 4. The van der Waals surface area contributed by atoms with E-state index in [-0.39, 0.29) is 17.1 Å². The van der Waals surface area contributed by atoms with E-state index in [0.717, 1.165) is 12.3 Å². The van der Waals surface area contributed by atoms with Crippen molar-refractivity contribution in [2.75, 3.05) is 0 Å². The van der Waals surface area contributed by atoms with Crippen LogP contribution < -0.4 is 10.4 Å². The number of terminal acetylenes is 1. The summed E-state index contributed by atoms with van der Waals surface area (Å²) in [6.45, 7) is 7.01. The van der Waals surface area contributed by atoms with Gasteiger partial charge in [0.05, 0.1) is 6.10 Å². The largest absolute Gasteiger partial charge is 0.403 e. The summed E-state index contributed by atoms with van der Waals surface area (Å²) in [6, 6.07) is 21.8. The van der Waals surface area contributed by atoms with E-state index >= 15 is 0 Å². The third-order valence-electron chi connectivity index (χ3n) is 6.30. The molecule has 134 valence electrons. The van der Waals surface area contributed by atoms with Crippen molar-refractivity contribution in [3.05, 3.63) is 60.7 Å². The van der Waals surface area contributed by atoms with Crippen LogP contribution >= 0.6 is 0 Å². The molecule has 0 aromatic heterocycles. The molecule has 2 aromatic rings. The lowest BCUT2D eigenvalue weighted by Crippen LogP contribution is -2.68. The van der Waals surface area contributed by atoms with E-state index in [1.165, 1.54) is 16.8 Å². The number of benzene rings is 2. The van der Waals surface area contributed by atoms with Gasteiger partial charge in [-0.15, -0.1) is 12.3 Å². The molecule has 2 fully saturated rings. The number of fused-ring (bicyclic) bond motifs is 1. The highest BCUT2D eigenvalue weighted by Crippen LogP contribution is 2.57. The summed E-state index contributed by atoms with van der Waals surface area (Å²) >= 11 is 0. The molecule has 2 unspecified atom stereocenters. The minimum atomic E-state index is -2.48. The van der Waals surface area contributed by atoms with Crippen LogP contribution in [0.3, 0.4) is 0 Å². The Balaban J connectivity index is 1.87. The molecule has 1 nitrogen and oxygen atoms in total. The smallest absolute Gasteiger partial charge is 0.261 e. The van der Waals surface area contributed by atoms with E-state index in [9.17, 15) is 0 Å². The molecule has 2 aliphatic rings. The van der Waals surface area contributed by atoms with Gasteiger partial charge in [-0.25, -0.2) is 0 Å². The van der Waals surface area contributed by atoms with E-state index < -0.39 is 8.32 Å². The van der Waals surface area contributed by atoms with Crippen molar-refractivity contribution in [2.45, 2.75) is 44.8 Å². The monoisotopic (exact) mass is 360 g/mol. The van der Waals surface area contributed by atoms with Crippen LogP contribution in [0.2, 0.25) is 5.04 Å². The third kappa shape index (κ3) is 2.75. The quantitative estimate of drug-likeness (QED) is 0.586. The van der Waals surface area contributed by atoms with Crippen LogP contribution in [0.25, 0.3) is 0 Å². The van der Waals surface area contributed by atoms with Gasteiger partial charge in [0.2, 0.25) is 0 Å². The first-order valence-corrected chi connectivity index (χ1v) is 11.6. The van der Waals surface area contributed by atoms with Crippen LogP contribution in [0.5, 0.6) is 0 Å². The van der Waals surface area contributed by atoms with Gasteiger partial charge < -0.3 is 4.43 Å². The Labute approximate surface area is 158 Å². The Kier molecular flexibility index (Phi) is 4.33. The zero-order valence-electron chi connectivity index (χ0n) is 16.0. The molecule has 0 saturated heterocycles. The van der Waals surface area contributed by atoms with Crippen molar-refractivity contribution in [3.63, 3.8) is 0 Å². The molecule has 0 bridgehead atoms. The summed E-state index contributed by atoms with van der Waals surface area (Å²) < 4.78 is 7.29. The summed E-state index contributed by atoms with van der Waals surface area (Å²) in [5.74, 6) is 4.77. The van der Waals surface area contributed by atoms with Crippen molar-refractivity contribution in [1.82, 2.24) is 0 Å². The van der Waals surface area contributed by atoms with Gasteiger partial charge in [-0.05, 0) is 40.1 Å². The molecule has 0 heterocycles. The van der Waals surface area contributed by atoms with Gasteiger partial charge in [0.25, 0.3) is 8.32 Å². The zero-order chi connectivity index (χ0) is 18.4. The second-order valence-corrected chi connectivity index (χ2v) is 13.2. The van der Waals surface area contributed by atoms with Gasteiger partial charge in [0.1, 0.15) is 0 Å². The zero-order valence-corrected chi connectivity index (χ0v) is 17.0. The van der Waals surface area contributed by atoms with Gasteiger partial charge in [0, 0.05) is 5.92 Å². The average molecular weight is 361 g/mol. The maximum absolute atomic E-state index is 7.29. The summed E-state index contributed by atoms with van der Waals surface area (Å²) in [5.41, 5.74) is 0. The van der Waals surface area contributed by atoms with Crippen molar-refractivity contribution >= 4 is 18.7 Å². The minimum Gasteiger partial charge on any atom is -0.403 e. The van der Waals surface area contributed by atoms with Crippen LogP contribution in [0, 0.1) is 30.1 Å². The predicted molar refractivity (Wildman–Crippen MR) is 111 cm³/mol.